The van der Waals surface area contributed by atoms with Crippen molar-refractivity contribution in [3.8, 4) is 0 Å². The Morgan fingerprint density at radius 1 is 1.44 bits per heavy atom. The van der Waals surface area contributed by atoms with E-state index in [1.807, 2.05) is 13.8 Å². The van der Waals surface area contributed by atoms with Crippen LogP contribution in [0.2, 0.25) is 0 Å². The van der Waals surface area contributed by atoms with Gasteiger partial charge in [-0.25, -0.2) is 9.78 Å². The van der Waals surface area contributed by atoms with Crippen molar-refractivity contribution in [2.45, 2.75) is 32.3 Å². The summed E-state index contributed by atoms with van der Waals surface area (Å²) in [4.78, 5) is 25.9. The van der Waals surface area contributed by atoms with Gasteiger partial charge in [-0.15, -0.1) is 5.10 Å². The molecular formula is C10H16N4O4. The summed E-state index contributed by atoms with van der Waals surface area (Å²) >= 11 is 0. The van der Waals surface area contributed by atoms with E-state index in [0.717, 1.165) is 0 Å². The summed E-state index contributed by atoms with van der Waals surface area (Å²) in [6, 6.07) is 0. The van der Waals surface area contributed by atoms with Crippen molar-refractivity contribution in [2.75, 3.05) is 6.54 Å². The molecule has 0 spiro atoms. The van der Waals surface area contributed by atoms with Crippen molar-refractivity contribution in [1.82, 2.24) is 20.5 Å². The van der Waals surface area contributed by atoms with Crippen LogP contribution in [0.15, 0.2) is 0 Å². The van der Waals surface area contributed by atoms with Crippen molar-refractivity contribution in [1.29, 1.82) is 0 Å². The van der Waals surface area contributed by atoms with Crippen LogP contribution in [0.25, 0.3) is 0 Å². The fourth-order valence-electron chi connectivity index (χ4n) is 1.16. The molecule has 0 bridgehead atoms. The molecule has 0 aliphatic rings. The number of hydrogen-bond acceptors (Lipinski definition) is 5. The predicted octanol–water partition coefficient (Wildman–Crippen LogP) is -0.506. The standard InChI is InChI=1S/C10H16N4O4/c1-5(2)7-12-8(14-13-7)9(16)11-4-3-6(15)10(17)18/h5-6,15H,3-4H2,1-2H3,(H,11,16)(H,17,18)(H,12,13,14)/t6-/m0/s1. The van der Waals surface area contributed by atoms with Gasteiger partial charge in [0.05, 0.1) is 0 Å². The van der Waals surface area contributed by atoms with Gasteiger partial charge in [-0.05, 0) is 0 Å². The maximum absolute atomic E-state index is 11.5. The molecular weight excluding hydrogens is 240 g/mol. The topological polar surface area (TPSA) is 128 Å². The van der Waals surface area contributed by atoms with Crippen LogP contribution in [0.3, 0.4) is 0 Å². The first kappa shape index (κ1) is 14.1. The molecule has 0 aliphatic heterocycles. The first-order chi connectivity index (χ1) is 8.41. The zero-order valence-corrected chi connectivity index (χ0v) is 10.2. The fraction of sp³-hybridized carbons (Fsp3) is 0.600. The first-order valence-corrected chi connectivity index (χ1v) is 5.53. The number of hydrogen-bond donors (Lipinski definition) is 4. The Labute approximate surface area is 103 Å². The molecule has 100 valence electrons. The number of aliphatic carboxylic acids is 1. The second-order valence-electron chi connectivity index (χ2n) is 4.10. The molecule has 1 amide bonds. The lowest BCUT2D eigenvalue weighted by molar-refractivity contribution is -0.146. The van der Waals surface area contributed by atoms with Crippen molar-refractivity contribution < 1.29 is 19.8 Å². The van der Waals surface area contributed by atoms with Gasteiger partial charge >= 0.3 is 5.97 Å². The lowest BCUT2D eigenvalue weighted by atomic mass is 10.2. The fourth-order valence-corrected chi connectivity index (χ4v) is 1.16. The van der Waals surface area contributed by atoms with Crippen molar-refractivity contribution >= 4 is 11.9 Å². The molecule has 0 radical (unpaired) electrons. The number of carboxylic acid groups (broad SMARTS) is 1. The number of aromatic nitrogens is 3. The molecule has 4 N–H and O–H groups in total. The molecule has 1 rings (SSSR count). The van der Waals surface area contributed by atoms with Crippen LogP contribution in [-0.2, 0) is 4.79 Å². The highest BCUT2D eigenvalue weighted by molar-refractivity contribution is 5.90. The van der Waals surface area contributed by atoms with E-state index in [1.165, 1.54) is 0 Å². The molecule has 8 nitrogen and oxygen atoms in total. The Bertz CT molecular complexity index is 429. The van der Waals surface area contributed by atoms with Crippen LogP contribution < -0.4 is 5.32 Å². The number of carbonyl (C=O) groups excluding carboxylic acids is 1. The highest BCUT2D eigenvalue weighted by atomic mass is 16.4. The van der Waals surface area contributed by atoms with E-state index in [9.17, 15) is 9.59 Å². The molecule has 1 atom stereocenters. The Morgan fingerprint density at radius 2 is 2.11 bits per heavy atom. The zero-order valence-electron chi connectivity index (χ0n) is 10.2. The van der Waals surface area contributed by atoms with Gasteiger partial charge < -0.3 is 15.5 Å². The molecule has 0 saturated heterocycles. The summed E-state index contributed by atoms with van der Waals surface area (Å²) < 4.78 is 0. The normalized spacial score (nSPS) is 12.4. The number of carboxylic acids is 1. The summed E-state index contributed by atoms with van der Waals surface area (Å²) in [6.07, 6.45) is -1.55. The third kappa shape index (κ3) is 3.81. The van der Waals surface area contributed by atoms with E-state index in [1.54, 1.807) is 0 Å². The van der Waals surface area contributed by atoms with Gasteiger partial charge in [0.25, 0.3) is 5.91 Å². The first-order valence-electron chi connectivity index (χ1n) is 5.53. The summed E-state index contributed by atoms with van der Waals surface area (Å²) in [7, 11) is 0. The zero-order chi connectivity index (χ0) is 13.7. The minimum Gasteiger partial charge on any atom is -0.479 e. The van der Waals surface area contributed by atoms with Crippen LogP contribution in [0, 0.1) is 0 Å². The molecule has 1 aromatic rings. The molecule has 18 heavy (non-hydrogen) atoms. The molecule has 0 saturated carbocycles. The van der Waals surface area contributed by atoms with Crippen LogP contribution in [0.4, 0.5) is 0 Å². The van der Waals surface area contributed by atoms with Crippen molar-refractivity contribution in [3.63, 3.8) is 0 Å². The smallest absolute Gasteiger partial charge is 0.332 e. The van der Waals surface area contributed by atoms with Crippen LogP contribution in [-0.4, -0.2) is 49.9 Å². The Kier molecular flexibility index (Phi) is 4.78. The number of nitrogens with zero attached hydrogens (tertiary/aromatic N) is 2. The largest absolute Gasteiger partial charge is 0.479 e. The van der Waals surface area contributed by atoms with E-state index in [2.05, 4.69) is 20.5 Å². The van der Waals surface area contributed by atoms with Gasteiger partial charge in [0.2, 0.25) is 5.82 Å². The van der Waals surface area contributed by atoms with Gasteiger partial charge in [0, 0.05) is 18.9 Å². The molecule has 0 aliphatic carbocycles. The minimum absolute atomic E-state index is 0.00325. The maximum atomic E-state index is 11.5. The van der Waals surface area contributed by atoms with Crippen molar-refractivity contribution in [3.05, 3.63) is 11.6 Å². The van der Waals surface area contributed by atoms with Crippen LogP contribution in [0.5, 0.6) is 0 Å². The average Bonchev–Trinajstić information content (AvgIpc) is 2.77. The lowest BCUT2D eigenvalue weighted by Gasteiger charge is -2.05. The van der Waals surface area contributed by atoms with Crippen LogP contribution in [0.1, 0.15) is 42.6 Å². The highest BCUT2D eigenvalue weighted by Crippen LogP contribution is 2.07. The Hall–Kier alpha value is -1.96. The van der Waals surface area contributed by atoms with E-state index < -0.39 is 18.0 Å². The number of aliphatic hydroxyl groups is 1. The number of amides is 1. The van der Waals surface area contributed by atoms with E-state index >= 15 is 0 Å². The van der Waals surface area contributed by atoms with Gasteiger partial charge in [0.1, 0.15) is 5.82 Å². The SMILES string of the molecule is CC(C)c1nc(C(=O)NCC[C@H](O)C(=O)O)n[nH]1. The Balaban J connectivity index is 2.43. The second-order valence-corrected chi connectivity index (χ2v) is 4.10. The number of nitrogens with one attached hydrogen (secondary N) is 2. The maximum Gasteiger partial charge on any atom is 0.332 e. The quantitative estimate of drug-likeness (QED) is 0.543. The number of aliphatic hydroxyl groups excluding tert-OH is 1. The minimum atomic E-state index is -1.48. The second kappa shape index (κ2) is 6.10. The monoisotopic (exact) mass is 256 g/mol. The Morgan fingerprint density at radius 3 is 2.61 bits per heavy atom. The predicted molar refractivity (Wildman–Crippen MR) is 61.1 cm³/mol. The number of carbonyl (C=O) groups is 2. The van der Waals surface area contributed by atoms with Gasteiger partial charge in [-0.3, -0.25) is 9.89 Å². The summed E-state index contributed by atoms with van der Waals surface area (Å²) in [5.74, 6) is -1.08. The summed E-state index contributed by atoms with van der Waals surface area (Å²) in [6.45, 7) is 3.86. The number of H-pyrrole nitrogens is 1. The van der Waals surface area contributed by atoms with Crippen LogP contribution >= 0.6 is 0 Å². The van der Waals surface area contributed by atoms with E-state index in [4.69, 9.17) is 10.2 Å². The molecule has 1 aromatic heterocycles. The third-order valence-electron chi connectivity index (χ3n) is 2.24. The van der Waals surface area contributed by atoms with E-state index in [0.29, 0.717) is 5.82 Å². The third-order valence-corrected chi connectivity index (χ3v) is 2.24. The number of aromatic amines is 1. The number of rotatable bonds is 6. The van der Waals surface area contributed by atoms with E-state index in [-0.39, 0.29) is 24.7 Å². The van der Waals surface area contributed by atoms with Crippen molar-refractivity contribution in [2.24, 2.45) is 0 Å². The molecule has 0 unspecified atom stereocenters. The molecule has 1 heterocycles. The van der Waals surface area contributed by atoms with Gasteiger partial charge in [0.15, 0.2) is 6.10 Å². The molecule has 0 fully saturated rings. The van der Waals surface area contributed by atoms with Gasteiger partial charge in [-0.1, -0.05) is 13.8 Å². The summed E-state index contributed by atoms with van der Waals surface area (Å²) in [5, 5.41) is 26.2. The summed E-state index contributed by atoms with van der Waals surface area (Å²) in [5.41, 5.74) is 0. The molecule has 8 heteroatoms. The average molecular weight is 256 g/mol. The van der Waals surface area contributed by atoms with Gasteiger partial charge in [-0.2, -0.15) is 0 Å². The highest BCUT2D eigenvalue weighted by Gasteiger charge is 2.16. The lowest BCUT2D eigenvalue weighted by Crippen LogP contribution is -2.30. The molecule has 0 aromatic carbocycles.